The van der Waals surface area contributed by atoms with Crippen molar-refractivity contribution < 1.29 is 24.3 Å². The molecule has 0 spiro atoms. The molecule has 7 heteroatoms. The number of carboxylic acid groups (broad SMARTS) is 1. The number of aliphatic carboxylic acids is 1. The maximum Gasteiger partial charge on any atom is 0.316 e. The molecule has 1 rings (SSSR count). The lowest BCUT2D eigenvalue weighted by atomic mass is 9.81. The van der Waals surface area contributed by atoms with Crippen molar-refractivity contribution in [1.82, 2.24) is 10.6 Å². The van der Waals surface area contributed by atoms with Gasteiger partial charge < -0.3 is 15.7 Å². The highest BCUT2D eigenvalue weighted by molar-refractivity contribution is 6.06. The van der Waals surface area contributed by atoms with Crippen molar-refractivity contribution in [1.29, 1.82) is 0 Å². The fraction of sp³-hybridized carbons (Fsp3) is 0.630. The number of hydrogen-bond acceptors (Lipinski definition) is 4. The molecule has 0 unspecified atom stereocenters. The van der Waals surface area contributed by atoms with E-state index in [2.05, 4.69) is 24.5 Å². The molecule has 2 amide bonds. The van der Waals surface area contributed by atoms with E-state index in [1.807, 2.05) is 44.2 Å². The highest BCUT2D eigenvalue weighted by atomic mass is 16.4. The molecule has 0 aliphatic carbocycles. The summed E-state index contributed by atoms with van der Waals surface area (Å²) in [5, 5.41) is 15.1. The van der Waals surface area contributed by atoms with Crippen molar-refractivity contribution in [3.05, 3.63) is 35.9 Å². The summed E-state index contributed by atoms with van der Waals surface area (Å²) in [5.74, 6) is -1.86. The Labute approximate surface area is 204 Å². The van der Waals surface area contributed by atoms with Crippen LogP contribution in [0.25, 0.3) is 0 Å². The Morgan fingerprint density at radius 1 is 0.882 bits per heavy atom. The number of benzene rings is 1. The second-order valence-corrected chi connectivity index (χ2v) is 10.4. The van der Waals surface area contributed by atoms with Crippen LogP contribution in [-0.2, 0) is 25.6 Å². The fourth-order valence-corrected chi connectivity index (χ4v) is 3.68. The normalized spacial score (nSPS) is 13.4. The third kappa shape index (κ3) is 10.1. The van der Waals surface area contributed by atoms with Crippen LogP contribution in [0.5, 0.6) is 0 Å². The minimum atomic E-state index is -1.64. The van der Waals surface area contributed by atoms with Crippen LogP contribution in [0.3, 0.4) is 0 Å². The SMILES string of the molecule is CC(C)CCCCC(=O)N[C@@H](Cc1ccccc1)C(=O)N[C@@H](CC(C)C)C(=O)C(C)(C)C(=O)O. The first-order valence-corrected chi connectivity index (χ1v) is 12.3. The van der Waals surface area contributed by atoms with Crippen molar-refractivity contribution in [2.24, 2.45) is 17.3 Å². The van der Waals surface area contributed by atoms with E-state index in [9.17, 15) is 24.3 Å². The first-order chi connectivity index (χ1) is 15.8. The van der Waals surface area contributed by atoms with Gasteiger partial charge >= 0.3 is 5.97 Å². The molecule has 0 fully saturated rings. The molecular weight excluding hydrogens is 432 g/mol. The Morgan fingerprint density at radius 2 is 1.50 bits per heavy atom. The molecule has 190 valence electrons. The second-order valence-electron chi connectivity index (χ2n) is 10.4. The van der Waals surface area contributed by atoms with Crippen molar-refractivity contribution >= 4 is 23.6 Å². The molecule has 0 aromatic heterocycles. The number of nitrogens with one attached hydrogen (secondary N) is 2. The zero-order valence-electron chi connectivity index (χ0n) is 21.5. The van der Waals surface area contributed by atoms with Crippen LogP contribution >= 0.6 is 0 Å². The summed E-state index contributed by atoms with van der Waals surface area (Å²) >= 11 is 0. The third-order valence-corrected chi connectivity index (χ3v) is 5.86. The summed E-state index contributed by atoms with van der Waals surface area (Å²) in [5.41, 5.74) is -0.762. The molecule has 0 heterocycles. The van der Waals surface area contributed by atoms with Crippen molar-refractivity contribution in [2.75, 3.05) is 0 Å². The number of amides is 2. The largest absolute Gasteiger partial charge is 0.481 e. The molecule has 1 aromatic rings. The fourth-order valence-electron chi connectivity index (χ4n) is 3.68. The van der Waals surface area contributed by atoms with Gasteiger partial charge in [-0.25, -0.2) is 0 Å². The summed E-state index contributed by atoms with van der Waals surface area (Å²) < 4.78 is 0. The molecule has 0 aliphatic rings. The zero-order chi connectivity index (χ0) is 25.9. The van der Waals surface area contributed by atoms with Crippen LogP contribution < -0.4 is 10.6 Å². The number of unbranched alkanes of at least 4 members (excludes halogenated alkanes) is 1. The number of Topliss-reactive ketones (excluding diaryl/α,β-unsaturated/α-hetero) is 1. The standard InChI is InChI=1S/C27H42N2O5/c1-18(2)12-10-11-15-23(30)28-22(17-20-13-8-7-9-14-20)25(32)29-21(16-19(3)4)24(31)27(5,6)26(33)34/h7-9,13-14,18-19,21-22H,10-12,15-17H2,1-6H3,(H,28,30)(H,29,32)(H,33,34)/t21-,22-/m0/s1. The second kappa shape index (κ2) is 13.9. The van der Waals surface area contributed by atoms with Crippen LogP contribution in [0.2, 0.25) is 0 Å². The van der Waals surface area contributed by atoms with E-state index in [0.29, 0.717) is 18.8 Å². The van der Waals surface area contributed by atoms with Gasteiger partial charge in [0.1, 0.15) is 11.5 Å². The van der Waals surface area contributed by atoms with Gasteiger partial charge in [0.05, 0.1) is 6.04 Å². The number of carboxylic acids is 1. The van der Waals surface area contributed by atoms with Gasteiger partial charge in [-0.05, 0) is 44.1 Å². The van der Waals surface area contributed by atoms with E-state index >= 15 is 0 Å². The molecule has 0 saturated carbocycles. The lowest BCUT2D eigenvalue weighted by Crippen LogP contribution is -2.55. The van der Waals surface area contributed by atoms with Gasteiger partial charge in [0.25, 0.3) is 0 Å². The van der Waals surface area contributed by atoms with Gasteiger partial charge in [-0.1, -0.05) is 70.9 Å². The maximum absolute atomic E-state index is 13.3. The highest BCUT2D eigenvalue weighted by Gasteiger charge is 2.41. The number of ketones is 1. The first-order valence-electron chi connectivity index (χ1n) is 12.3. The van der Waals surface area contributed by atoms with Crippen molar-refractivity contribution in [3.8, 4) is 0 Å². The van der Waals surface area contributed by atoms with E-state index < -0.39 is 35.2 Å². The first kappa shape index (κ1) is 29.3. The Kier molecular flexibility index (Phi) is 12.0. The Hall–Kier alpha value is -2.70. The van der Waals surface area contributed by atoms with Gasteiger partial charge in [0.15, 0.2) is 5.78 Å². The third-order valence-electron chi connectivity index (χ3n) is 5.86. The van der Waals surface area contributed by atoms with E-state index in [4.69, 9.17) is 0 Å². The summed E-state index contributed by atoms with van der Waals surface area (Å²) in [6, 6.07) is 7.52. The summed E-state index contributed by atoms with van der Waals surface area (Å²) in [4.78, 5) is 50.5. The molecular formula is C27H42N2O5. The van der Waals surface area contributed by atoms with Crippen LogP contribution in [0.15, 0.2) is 30.3 Å². The summed E-state index contributed by atoms with van der Waals surface area (Å²) in [6.07, 6.45) is 3.63. The molecule has 7 nitrogen and oxygen atoms in total. The Morgan fingerprint density at radius 3 is 2.03 bits per heavy atom. The van der Waals surface area contributed by atoms with Gasteiger partial charge in [-0.2, -0.15) is 0 Å². The topological polar surface area (TPSA) is 113 Å². The average Bonchev–Trinajstić information content (AvgIpc) is 2.75. The van der Waals surface area contributed by atoms with E-state index in [-0.39, 0.29) is 18.2 Å². The predicted molar refractivity (Wildman–Crippen MR) is 133 cm³/mol. The molecule has 3 N–H and O–H groups in total. The van der Waals surface area contributed by atoms with Gasteiger partial charge in [0.2, 0.25) is 11.8 Å². The van der Waals surface area contributed by atoms with E-state index in [1.54, 1.807) is 0 Å². The van der Waals surface area contributed by atoms with Gasteiger partial charge in [0, 0.05) is 12.8 Å². The monoisotopic (exact) mass is 474 g/mol. The highest BCUT2D eigenvalue weighted by Crippen LogP contribution is 2.22. The molecule has 1 aromatic carbocycles. The number of rotatable bonds is 15. The molecule has 2 atom stereocenters. The lowest BCUT2D eigenvalue weighted by molar-refractivity contribution is -0.154. The smallest absolute Gasteiger partial charge is 0.316 e. The van der Waals surface area contributed by atoms with Crippen LogP contribution in [0.1, 0.15) is 79.2 Å². The van der Waals surface area contributed by atoms with E-state index in [0.717, 1.165) is 24.8 Å². The number of carbonyl (C=O) groups is 4. The van der Waals surface area contributed by atoms with Crippen molar-refractivity contribution in [3.63, 3.8) is 0 Å². The molecule has 0 bridgehead atoms. The Balaban J connectivity index is 3.01. The molecule has 0 aliphatic heterocycles. The van der Waals surface area contributed by atoms with Crippen LogP contribution in [0.4, 0.5) is 0 Å². The maximum atomic E-state index is 13.3. The number of carbonyl (C=O) groups excluding carboxylic acids is 3. The number of hydrogen-bond donors (Lipinski definition) is 3. The summed E-state index contributed by atoms with van der Waals surface area (Å²) in [7, 11) is 0. The molecule has 0 saturated heterocycles. The quantitative estimate of drug-likeness (QED) is 0.261. The summed E-state index contributed by atoms with van der Waals surface area (Å²) in [6.45, 7) is 10.8. The molecule has 34 heavy (non-hydrogen) atoms. The van der Waals surface area contributed by atoms with Gasteiger partial charge in [-0.15, -0.1) is 0 Å². The minimum absolute atomic E-state index is 0.0574. The average molecular weight is 475 g/mol. The lowest BCUT2D eigenvalue weighted by Gasteiger charge is -2.28. The zero-order valence-corrected chi connectivity index (χ0v) is 21.5. The Bertz CT molecular complexity index is 818. The predicted octanol–water partition coefficient (Wildman–Crippen LogP) is 4.14. The van der Waals surface area contributed by atoms with Crippen LogP contribution in [-0.4, -0.2) is 40.8 Å². The van der Waals surface area contributed by atoms with Crippen LogP contribution in [0, 0.1) is 17.3 Å². The minimum Gasteiger partial charge on any atom is -0.481 e. The van der Waals surface area contributed by atoms with Gasteiger partial charge in [-0.3, -0.25) is 19.2 Å². The van der Waals surface area contributed by atoms with Crippen molar-refractivity contribution in [2.45, 2.75) is 92.2 Å². The van der Waals surface area contributed by atoms with E-state index in [1.165, 1.54) is 13.8 Å². The molecule has 0 radical (unpaired) electrons.